The summed E-state index contributed by atoms with van der Waals surface area (Å²) in [6, 6.07) is 6.14. The second-order valence-corrected chi connectivity index (χ2v) is 7.06. The molecule has 1 aromatic heterocycles. The molecule has 8 heteroatoms. The minimum Gasteiger partial charge on any atom is -0.478 e. The predicted molar refractivity (Wildman–Crippen MR) is 106 cm³/mol. The third-order valence-electron chi connectivity index (χ3n) is 4.14. The summed E-state index contributed by atoms with van der Waals surface area (Å²) in [5.74, 6) is -0.193. The summed E-state index contributed by atoms with van der Waals surface area (Å²) < 4.78 is 0. The molecule has 0 saturated heterocycles. The van der Waals surface area contributed by atoms with Gasteiger partial charge < -0.3 is 21.5 Å². The van der Waals surface area contributed by atoms with Crippen LogP contribution in [0, 0.1) is 0 Å². The number of carboxylic acid groups (broad SMARTS) is 1. The van der Waals surface area contributed by atoms with Crippen LogP contribution in [-0.4, -0.2) is 21.0 Å². The van der Waals surface area contributed by atoms with Crippen molar-refractivity contribution in [2.24, 2.45) is 5.73 Å². The Balaban J connectivity index is 1.71. The SMILES string of the molecule is CC/C(=C\C(N)=C(/C)NCc1ccc2c(c1)Nc1nccnc1S2)C(=O)O. The molecule has 3 rings (SSSR count). The van der Waals surface area contributed by atoms with Crippen molar-refractivity contribution in [3.8, 4) is 0 Å². The largest absolute Gasteiger partial charge is 0.478 e. The number of nitrogens with two attached hydrogens (primary N) is 1. The maximum atomic E-state index is 11.1. The van der Waals surface area contributed by atoms with Gasteiger partial charge in [0, 0.05) is 35.1 Å². The number of carboxylic acids is 1. The molecule has 27 heavy (non-hydrogen) atoms. The van der Waals surface area contributed by atoms with Crippen LogP contribution in [0.1, 0.15) is 25.8 Å². The number of carbonyl (C=O) groups is 1. The zero-order valence-corrected chi connectivity index (χ0v) is 15.9. The number of fused-ring (bicyclic) bond motifs is 2. The highest BCUT2D eigenvalue weighted by Crippen LogP contribution is 2.41. The Labute approximate surface area is 161 Å². The Morgan fingerprint density at radius 1 is 1.37 bits per heavy atom. The Morgan fingerprint density at radius 3 is 2.89 bits per heavy atom. The maximum absolute atomic E-state index is 11.1. The lowest BCUT2D eigenvalue weighted by Gasteiger charge is -2.19. The normalized spacial score (nSPS) is 13.8. The van der Waals surface area contributed by atoms with Crippen LogP contribution in [0.5, 0.6) is 0 Å². The number of aromatic nitrogens is 2. The fraction of sp³-hybridized carbons (Fsp3) is 0.211. The first-order valence-corrected chi connectivity index (χ1v) is 9.32. The van der Waals surface area contributed by atoms with Gasteiger partial charge in [0.1, 0.15) is 5.03 Å². The first-order valence-electron chi connectivity index (χ1n) is 8.50. The van der Waals surface area contributed by atoms with Gasteiger partial charge in [0.25, 0.3) is 0 Å². The van der Waals surface area contributed by atoms with Gasteiger partial charge in [0.15, 0.2) is 5.82 Å². The predicted octanol–water partition coefficient (Wildman–Crippen LogP) is 3.39. The van der Waals surface area contributed by atoms with E-state index in [0.717, 1.165) is 32.7 Å². The molecule has 0 radical (unpaired) electrons. The van der Waals surface area contributed by atoms with E-state index < -0.39 is 5.97 Å². The average Bonchev–Trinajstić information content (AvgIpc) is 2.67. The Morgan fingerprint density at radius 2 is 2.15 bits per heavy atom. The highest BCUT2D eigenvalue weighted by atomic mass is 32.2. The van der Waals surface area contributed by atoms with Gasteiger partial charge in [-0.3, -0.25) is 0 Å². The number of hydrogen-bond acceptors (Lipinski definition) is 7. The van der Waals surface area contributed by atoms with Crippen LogP contribution >= 0.6 is 11.8 Å². The zero-order valence-electron chi connectivity index (χ0n) is 15.1. The molecule has 1 aliphatic rings. The molecule has 0 spiro atoms. The van der Waals surface area contributed by atoms with Crippen LogP contribution < -0.4 is 16.4 Å². The quantitative estimate of drug-likeness (QED) is 0.378. The van der Waals surface area contributed by atoms with Gasteiger partial charge in [0.05, 0.1) is 11.4 Å². The van der Waals surface area contributed by atoms with Gasteiger partial charge in [-0.25, -0.2) is 14.8 Å². The lowest BCUT2D eigenvalue weighted by atomic mass is 10.1. The lowest BCUT2D eigenvalue weighted by molar-refractivity contribution is -0.132. The van der Waals surface area contributed by atoms with Crippen LogP contribution in [0.2, 0.25) is 0 Å². The third kappa shape index (κ3) is 4.40. The molecule has 1 aromatic carbocycles. The number of aliphatic carboxylic acids is 1. The lowest BCUT2D eigenvalue weighted by Crippen LogP contribution is -2.16. The van der Waals surface area contributed by atoms with E-state index in [2.05, 4.69) is 26.7 Å². The monoisotopic (exact) mass is 383 g/mol. The van der Waals surface area contributed by atoms with E-state index in [1.807, 2.05) is 19.1 Å². The second-order valence-electron chi connectivity index (χ2n) is 6.03. The molecule has 2 aromatic rings. The summed E-state index contributed by atoms with van der Waals surface area (Å²) in [4.78, 5) is 20.8. The van der Waals surface area contributed by atoms with Crippen molar-refractivity contribution >= 4 is 29.2 Å². The number of benzene rings is 1. The van der Waals surface area contributed by atoms with Crippen molar-refractivity contribution in [3.63, 3.8) is 0 Å². The molecule has 0 saturated carbocycles. The Kier molecular flexibility index (Phi) is 5.66. The van der Waals surface area contributed by atoms with E-state index in [9.17, 15) is 4.79 Å². The molecular formula is C19H21N5O2S. The van der Waals surface area contributed by atoms with Crippen molar-refractivity contribution in [2.75, 3.05) is 5.32 Å². The third-order valence-corrected chi connectivity index (χ3v) is 5.21. The molecule has 0 fully saturated rings. The number of nitrogens with zero attached hydrogens (tertiary/aromatic N) is 2. The number of rotatable bonds is 6. The smallest absolute Gasteiger partial charge is 0.331 e. The molecular weight excluding hydrogens is 362 g/mol. The summed E-state index contributed by atoms with van der Waals surface area (Å²) in [5, 5.41) is 16.5. The van der Waals surface area contributed by atoms with E-state index in [1.165, 1.54) is 6.08 Å². The van der Waals surface area contributed by atoms with Gasteiger partial charge in [-0.2, -0.15) is 0 Å². The van der Waals surface area contributed by atoms with Crippen LogP contribution in [0.4, 0.5) is 11.5 Å². The molecule has 5 N–H and O–H groups in total. The molecule has 2 heterocycles. The Bertz CT molecular complexity index is 939. The van der Waals surface area contributed by atoms with E-state index in [-0.39, 0.29) is 5.57 Å². The minimum atomic E-state index is -0.949. The van der Waals surface area contributed by atoms with Gasteiger partial charge in [-0.1, -0.05) is 24.8 Å². The molecule has 0 atom stereocenters. The van der Waals surface area contributed by atoms with Crippen molar-refractivity contribution in [3.05, 3.63) is 59.2 Å². The molecule has 0 unspecified atom stereocenters. The fourth-order valence-electron chi connectivity index (χ4n) is 2.54. The van der Waals surface area contributed by atoms with Crippen molar-refractivity contribution in [1.82, 2.24) is 15.3 Å². The highest BCUT2D eigenvalue weighted by molar-refractivity contribution is 7.99. The van der Waals surface area contributed by atoms with E-state index >= 15 is 0 Å². The molecule has 0 amide bonds. The minimum absolute atomic E-state index is 0.281. The fourth-order valence-corrected chi connectivity index (χ4v) is 3.42. The number of nitrogens with one attached hydrogen (secondary N) is 2. The summed E-state index contributed by atoms with van der Waals surface area (Å²) >= 11 is 1.58. The molecule has 0 bridgehead atoms. The molecule has 140 valence electrons. The zero-order chi connectivity index (χ0) is 19.4. The summed E-state index contributed by atoms with van der Waals surface area (Å²) in [5.41, 5.74) is 9.50. The summed E-state index contributed by atoms with van der Waals surface area (Å²) in [6.45, 7) is 4.19. The highest BCUT2D eigenvalue weighted by Gasteiger charge is 2.17. The van der Waals surface area contributed by atoms with Crippen molar-refractivity contribution in [1.29, 1.82) is 0 Å². The first-order chi connectivity index (χ1) is 13.0. The summed E-state index contributed by atoms with van der Waals surface area (Å²) in [7, 11) is 0. The van der Waals surface area contributed by atoms with E-state index in [1.54, 1.807) is 31.1 Å². The van der Waals surface area contributed by atoms with Crippen LogP contribution in [-0.2, 0) is 11.3 Å². The van der Waals surface area contributed by atoms with Gasteiger partial charge in [-0.05, 0) is 37.1 Å². The Hall–Kier alpha value is -3.00. The van der Waals surface area contributed by atoms with E-state index in [0.29, 0.717) is 18.7 Å². The molecule has 0 aliphatic carbocycles. The topological polar surface area (TPSA) is 113 Å². The first kappa shape index (κ1) is 18.8. The summed E-state index contributed by atoms with van der Waals surface area (Å²) in [6.07, 6.45) is 5.27. The van der Waals surface area contributed by atoms with Crippen molar-refractivity contribution in [2.45, 2.75) is 36.7 Å². The van der Waals surface area contributed by atoms with Crippen LogP contribution in [0.15, 0.2) is 63.6 Å². The number of anilines is 2. The van der Waals surface area contributed by atoms with Gasteiger partial charge in [0.2, 0.25) is 0 Å². The molecule has 1 aliphatic heterocycles. The average molecular weight is 383 g/mol. The number of allylic oxidation sites excluding steroid dienone is 2. The van der Waals surface area contributed by atoms with Gasteiger partial charge in [-0.15, -0.1) is 0 Å². The number of hydrogen-bond donors (Lipinski definition) is 4. The van der Waals surface area contributed by atoms with E-state index in [4.69, 9.17) is 10.8 Å². The standard InChI is InChI=1S/C19H21N5O2S/c1-3-13(19(25)26)9-14(20)11(2)23-10-12-4-5-16-15(8-12)24-17-18(27-16)22-7-6-21-17/h4-9,23H,3,10,20H2,1-2H3,(H,21,24)(H,25,26)/b13-9+,14-11-. The maximum Gasteiger partial charge on any atom is 0.331 e. The molecule has 7 nitrogen and oxygen atoms in total. The van der Waals surface area contributed by atoms with Crippen molar-refractivity contribution < 1.29 is 9.90 Å². The van der Waals surface area contributed by atoms with Crippen LogP contribution in [0.25, 0.3) is 0 Å². The van der Waals surface area contributed by atoms with Crippen LogP contribution in [0.3, 0.4) is 0 Å². The van der Waals surface area contributed by atoms with Gasteiger partial charge >= 0.3 is 5.97 Å². The second kappa shape index (κ2) is 8.13.